The molecule has 3 nitrogen and oxygen atoms in total. The van der Waals surface area contributed by atoms with Gasteiger partial charge in [0, 0.05) is 11.4 Å². The second-order valence-corrected chi connectivity index (χ2v) is 4.75. The highest BCUT2D eigenvalue weighted by molar-refractivity contribution is 8.14. The minimum Gasteiger partial charge on any atom is -0.335 e. The molecule has 1 aromatic rings. The van der Waals surface area contributed by atoms with Crippen LogP contribution in [0.3, 0.4) is 0 Å². The number of nitrogens with one attached hydrogen (secondary N) is 1. The summed E-state index contributed by atoms with van der Waals surface area (Å²) < 4.78 is 13.1. The van der Waals surface area contributed by atoms with Crippen molar-refractivity contribution in [1.29, 1.82) is 5.26 Å². The summed E-state index contributed by atoms with van der Waals surface area (Å²) in [6, 6.07) is 6.58. The third-order valence-corrected chi connectivity index (χ3v) is 3.55. The van der Waals surface area contributed by atoms with Gasteiger partial charge in [0.1, 0.15) is 11.9 Å². The number of halogens is 1. The third kappa shape index (κ3) is 2.77. The van der Waals surface area contributed by atoms with Crippen LogP contribution in [0.1, 0.15) is 18.9 Å². The Balaban J connectivity index is 2.12. The molecule has 0 saturated carbocycles. The summed E-state index contributed by atoms with van der Waals surface area (Å²) in [4.78, 5) is 4.47. The van der Waals surface area contributed by atoms with Gasteiger partial charge in [0.05, 0.1) is 11.6 Å². The highest BCUT2D eigenvalue weighted by atomic mass is 32.2. The van der Waals surface area contributed by atoms with E-state index in [1.807, 2.05) is 6.07 Å². The van der Waals surface area contributed by atoms with Gasteiger partial charge in [-0.2, -0.15) is 5.26 Å². The Morgan fingerprint density at radius 2 is 2.47 bits per heavy atom. The maximum Gasteiger partial charge on any atom is 0.161 e. The first kappa shape index (κ1) is 11.9. The van der Waals surface area contributed by atoms with E-state index in [1.54, 1.807) is 17.8 Å². The molecule has 0 amide bonds. The molecular weight excluding hydrogens is 237 g/mol. The van der Waals surface area contributed by atoms with E-state index >= 15 is 0 Å². The van der Waals surface area contributed by atoms with E-state index in [-0.39, 0.29) is 5.56 Å². The van der Waals surface area contributed by atoms with Crippen molar-refractivity contribution in [2.24, 2.45) is 4.99 Å². The number of thioether (sulfide) groups is 1. The van der Waals surface area contributed by atoms with Crippen LogP contribution in [-0.2, 0) is 0 Å². The number of anilines is 1. The number of aliphatic imine (C=N–C) groups is 1. The van der Waals surface area contributed by atoms with Crippen molar-refractivity contribution >= 4 is 22.6 Å². The molecule has 0 bridgehead atoms. The molecule has 1 aliphatic heterocycles. The summed E-state index contributed by atoms with van der Waals surface area (Å²) >= 11 is 1.65. The lowest BCUT2D eigenvalue weighted by molar-refractivity contribution is 0.624. The Morgan fingerprint density at radius 1 is 1.65 bits per heavy atom. The second-order valence-electron chi connectivity index (χ2n) is 3.74. The van der Waals surface area contributed by atoms with Crippen LogP contribution in [0.25, 0.3) is 0 Å². The smallest absolute Gasteiger partial charge is 0.161 e. The van der Waals surface area contributed by atoms with Gasteiger partial charge in [-0.15, -0.1) is 0 Å². The Labute approximate surface area is 104 Å². The van der Waals surface area contributed by atoms with Crippen molar-refractivity contribution in [2.75, 3.05) is 11.1 Å². The fraction of sp³-hybridized carbons (Fsp3) is 0.333. The summed E-state index contributed by atoms with van der Waals surface area (Å²) in [7, 11) is 0. The van der Waals surface area contributed by atoms with E-state index in [1.165, 1.54) is 12.1 Å². The van der Waals surface area contributed by atoms with E-state index < -0.39 is 5.82 Å². The van der Waals surface area contributed by atoms with Gasteiger partial charge in [-0.25, -0.2) is 4.39 Å². The molecule has 88 valence electrons. The number of benzene rings is 1. The lowest BCUT2D eigenvalue weighted by atomic mass is 10.2. The van der Waals surface area contributed by atoms with Gasteiger partial charge in [-0.3, -0.25) is 4.99 Å². The van der Waals surface area contributed by atoms with Gasteiger partial charge in [-0.1, -0.05) is 18.7 Å². The molecule has 1 unspecified atom stereocenters. The van der Waals surface area contributed by atoms with Gasteiger partial charge < -0.3 is 5.32 Å². The molecular formula is C12H12FN3S. The Kier molecular flexibility index (Phi) is 3.64. The van der Waals surface area contributed by atoms with Crippen LogP contribution in [0.5, 0.6) is 0 Å². The average Bonchev–Trinajstić information content (AvgIpc) is 2.79. The SMILES string of the molecule is CCC1CSC(Nc2ccc(F)c(C#N)c2)=N1. The Morgan fingerprint density at radius 3 is 3.12 bits per heavy atom. The highest BCUT2D eigenvalue weighted by Gasteiger charge is 2.16. The predicted octanol–water partition coefficient (Wildman–Crippen LogP) is 2.99. The quantitative estimate of drug-likeness (QED) is 0.876. The van der Waals surface area contributed by atoms with Crippen LogP contribution in [0.15, 0.2) is 23.2 Å². The van der Waals surface area contributed by atoms with Crippen LogP contribution in [-0.4, -0.2) is 17.0 Å². The number of nitriles is 1. The molecule has 17 heavy (non-hydrogen) atoms. The number of amidine groups is 1. The second kappa shape index (κ2) is 5.19. The lowest BCUT2D eigenvalue weighted by Crippen LogP contribution is -2.05. The van der Waals surface area contributed by atoms with Crippen molar-refractivity contribution in [3.05, 3.63) is 29.6 Å². The Hall–Kier alpha value is -1.54. The fourth-order valence-corrected chi connectivity index (χ4v) is 2.58. The number of hydrogen-bond donors (Lipinski definition) is 1. The highest BCUT2D eigenvalue weighted by Crippen LogP contribution is 2.22. The number of hydrogen-bond acceptors (Lipinski definition) is 4. The topological polar surface area (TPSA) is 48.2 Å². The molecule has 2 rings (SSSR count). The summed E-state index contributed by atoms with van der Waals surface area (Å²) in [5.74, 6) is 0.482. The molecule has 5 heteroatoms. The molecule has 0 aliphatic carbocycles. The Bertz CT molecular complexity index is 493. The van der Waals surface area contributed by atoms with E-state index in [4.69, 9.17) is 5.26 Å². The molecule has 0 saturated heterocycles. The van der Waals surface area contributed by atoms with Gasteiger partial charge in [0.15, 0.2) is 5.17 Å². The van der Waals surface area contributed by atoms with Gasteiger partial charge in [-0.05, 0) is 24.6 Å². The van der Waals surface area contributed by atoms with Crippen LogP contribution >= 0.6 is 11.8 Å². The zero-order valence-corrected chi connectivity index (χ0v) is 10.2. The molecule has 1 aromatic carbocycles. The van der Waals surface area contributed by atoms with Gasteiger partial charge in [0.25, 0.3) is 0 Å². The normalized spacial score (nSPS) is 18.6. The van der Waals surface area contributed by atoms with E-state index in [2.05, 4.69) is 17.2 Å². The van der Waals surface area contributed by atoms with E-state index in [0.29, 0.717) is 11.7 Å². The van der Waals surface area contributed by atoms with Crippen molar-refractivity contribution in [3.63, 3.8) is 0 Å². The first-order valence-corrected chi connectivity index (χ1v) is 6.38. The summed E-state index contributed by atoms with van der Waals surface area (Å²) in [6.45, 7) is 2.10. The predicted molar refractivity (Wildman–Crippen MR) is 68.7 cm³/mol. The van der Waals surface area contributed by atoms with Gasteiger partial charge >= 0.3 is 0 Å². The maximum atomic E-state index is 13.1. The van der Waals surface area contributed by atoms with Crippen molar-refractivity contribution in [1.82, 2.24) is 0 Å². The fourth-order valence-electron chi connectivity index (χ4n) is 1.51. The van der Waals surface area contributed by atoms with Crippen molar-refractivity contribution in [2.45, 2.75) is 19.4 Å². The van der Waals surface area contributed by atoms with Crippen molar-refractivity contribution in [3.8, 4) is 6.07 Å². The molecule has 1 heterocycles. The van der Waals surface area contributed by atoms with E-state index in [0.717, 1.165) is 17.3 Å². The molecule has 0 spiro atoms. The van der Waals surface area contributed by atoms with E-state index in [9.17, 15) is 4.39 Å². The first-order valence-electron chi connectivity index (χ1n) is 5.40. The molecule has 0 radical (unpaired) electrons. The monoisotopic (exact) mass is 249 g/mol. The summed E-state index contributed by atoms with van der Waals surface area (Å²) in [5.41, 5.74) is 0.747. The molecule has 1 aliphatic rings. The number of rotatable bonds is 2. The third-order valence-electron chi connectivity index (χ3n) is 2.52. The minimum absolute atomic E-state index is 0.0469. The molecule has 0 aromatic heterocycles. The van der Waals surface area contributed by atoms with Crippen molar-refractivity contribution < 1.29 is 4.39 Å². The largest absolute Gasteiger partial charge is 0.335 e. The molecule has 1 atom stereocenters. The zero-order chi connectivity index (χ0) is 12.3. The maximum absolute atomic E-state index is 13.1. The van der Waals surface area contributed by atoms with Crippen LogP contribution in [0, 0.1) is 17.1 Å². The standard InChI is InChI=1S/C12H12FN3S/c1-2-9-7-17-12(15-9)16-10-3-4-11(13)8(5-10)6-14/h3-5,9H,2,7H2,1H3,(H,15,16). The lowest BCUT2D eigenvalue weighted by Gasteiger charge is -2.05. The van der Waals surface area contributed by atoms with Crippen LogP contribution in [0.2, 0.25) is 0 Å². The van der Waals surface area contributed by atoms with Crippen LogP contribution in [0.4, 0.5) is 10.1 Å². The summed E-state index contributed by atoms with van der Waals surface area (Å²) in [6.07, 6.45) is 1.02. The average molecular weight is 249 g/mol. The molecule has 1 N–H and O–H groups in total. The molecule has 0 fully saturated rings. The minimum atomic E-state index is -0.495. The number of nitrogens with zero attached hydrogens (tertiary/aromatic N) is 2. The van der Waals surface area contributed by atoms with Gasteiger partial charge in [0.2, 0.25) is 0 Å². The first-order chi connectivity index (χ1) is 8.22. The van der Waals surface area contributed by atoms with Crippen LogP contribution < -0.4 is 5.32 Å². The zero-order valence-electron chi connectivity index (χ0n) is 9.40. The summed E-state index contributed by atoms with van der Waals surface area (Å²) in [5, 5.41) is 12.7.